The van der Waals surface area contributed by atoms with Crippen molar-refractivity contribution in [2.75, 3.05) is 7.11 Å². The quantitative estimate of drug-likeness (QED) is 0.368. The molecule has 0 saturated heterocycles. The number of oxazole rings is 1. The van der Waals surface area contributed by atoms with Gasteiger partial charge in [0, 0.05) is 37.3 Å². The average molecular weight is 461 g/mol. The predicted molar refractivity (Wildman–Crippen MR) is 124 cm³/mol. The van der Waals surface area contributed by atoms with E-state index in [1.807, 2.05) is 30.3 Å². The largest absolute Gasteiger partial charge is 0.493 e. The van der Waals surface area contributed by atoms with E-state index in [-0.39, 0.29) is 18.1 Å². The molecule has 174 valence electrons. The first-order valence-electron chi connectivity index (χ1n) is 10.8. The molecule has 2 aromatic carbocycles. The molecule has 0 radical (unpaired) electrons. The van der Waals surface area contributed by atoms with Gasteiger partial charge >= 0.3 is 0 Å². The molecule has 34 heavy (non-hydrogen) atoms. The monoisotopic (exact) mass is 461 g/mol. The molecule has 8 heteroatoms. The Labute approximate surface area is 196 Å². The van der Waals surface area contributed by atoms with E-state index in [4.69, 9.17) is 13.9 Å². The van der Waals surface area contributed by atoms with Gasteiger partial charge in [-0.2, -0.15) is 0 Å². The Bertz CT molecular complexity index is 1230. The van der Waals surface area contributed by atoms with Crippen LogP contribution in [0.1, 0.15) is 23.4 Å². The van der Waals surface area contributed by atoms with E-state index in [0.717, 1.165) is 16.7 Å². The summed E-state index contributed by atoms with van der Waals surface area (Å²) in [6.45, 7) is 0.755. The molecule has 0 fully saturated rings. The fourth-order valence-electron chi connectivity index (χ4n) is 3.26. The number of amides is 1. The Kier molecular flexibility index (Phi) is 7.49. The summed E-state index contributed by atoms with van der Waals surface area (Å²) in [6, 6.07) is 15.3. The standard InChI is InChI=1S/C26H24FN3O4/c1-32-23-14-19(2-7-22(23)33-17-18-10-12-28-13-11-18)15-29-25(31)8-9-26-30-16-24(34-26)20-3-5-21(27)6-4-20/h2-7,10-14,16H,8-9,15,17H2,1H3,(H,29,31). The molecule has 0 unspecified atom stereocenters. The molecular weight excluding hydrogens is 437 g/mol. The number of aromatic nitrogens is 2. The summed E-state index contributed by atoms with van der Waals surface area (Å²) in [5.41, 5.74) is 2.62. The number of carbonyl (C=O) groups is 1. The predicted octanol–water partition coefficient (Wildman–Crippen LogP) is 4.71. The number of methoxy groups -OCH3 is 1. The fraction of sp³-hybridized carbons (Fsp3) is 0.192. The summed E-state index contributed by atoms with van der Waals surface area (Å²) in [6.07, 6.45) is 5.60. The van der Waals surface area contributed by atoms with Crippen LogP contribution >= 0.6 is 0 Å². The smallest absolute Gasteiger partial charge is 0.220 e. The number of benzene rings is 2. The summed E-state index contributed by atoms with van der Waals surface area (Å²) in [4.78, 5) is 20.5. The van der Waals surface area contributed by atoms with Gasteiger partial charge in [0.05, 0.1) is 13.3 Å². The molecule has 2 heterocycles. The van der Waals surface area contributed by atoms with E-state index in [1.165, 1.54) is 12.1 Å². The minimum atomic E-state index is -0.315. The molecule has 4 aromatic rings. The molecule has 0 aliphatic carbocycles. The second kappa shape index (κ2) is 11.1. The zero-order valence-corrected chi connectivity index (χ0v) is 18.7. The Morgan fingerprint density at radius 2 is 1.82 bits per heavy atom. The van der Waals surface area contributed by atoms with Crippen LogP contribution in [-0.4, -0.2) is 23.0 Å². The highest BCUT2D eigenvalue weighted by molar-refractivity contribution is 5.76. The van der Waals surface area contributed by atoms with Gasteiger partial charge in [0.15, 0.2) is 23.1 Å². The fourth-order valence-corrected chi connectivity index (χ4v) is 3.26. The van der Waals surface area contributed by atoms with Gasteiger partial charge in [-0.1, -0.05) is 6.07 Å². The van der Waals surface area contributed by atoms with Gasteiger partial charge in [-0.25, -0.2) is 9.37 Å². The van der Waals surface area contributed by atoms with Crippen LogP contribution in [0.3, 0.4) is 0 Å². The van der Waals surface area contributed by atoms with Crippen LogP contribution in [0.2, 0.25) is 0 Å². The van der Waals surface area contributed by atoms with Crippen molar-refractivity contribution in [3.63, 3.8) is 0 Å². The Balaban J connectivity index is 1.26. The Morgan fingerprint density at radius 1 is 1.03 bits per heavy atom. The Hall–Kier alpha value is -4.20. The summed E-state index contributed by atoms with van der Waals surface area (Å²) in [5.74, 6) is 1.76. The van der Waals surface area contributed by atoms with Crippen molar-refractivity contribution in [1.82, 2.24) is 15.3 Å². The van der Waals surface area contributed by atoms with Gasteiger partial charge in [-0.3, -0.25) is 9.78 Å². The number of aryl methyl sites for hydroxylation is 1. The van der Waals surface area contributed by atoms with Crippen LogP contribution < -0.4 is 14.8 Å². The maximum absolute atomic E-state index is 13.1. The maximum atomic E-state index is 13.1. The normalized spacial score (nSPS) is 10.6. The van der Waals surface area contributed by atoms with Crippen molar-refractivity contribution in [3.8, 4) is 22.8 Å². The van der Waals surface area contributed by atoms with E-state index in [9.17, 15) is 9.18 Å². The lowest BCUT2D eigenvalue weighted by Gasteiger charge is -2.13. The van der Waals surface area contributed by atoms with Gasteiger partial charge in [0.2, 0.25) is 5.91 Å². The van der Waals surface area contributed by atoms with Crippen LogP contribution in [0.5, 0.6) is 11.5 Å². The molecule has 0 saturated carbocycles. The molecule has 0 atom stereocenters. The van der Waals surface area contributed by atoms with Gasteiger partial charge in [0.25, 0.3) is 0 Å². The lowest BCUT2D eigenvalue weighted by molar-refractivity contribution is -0.121. The topological polar surface area (TPSA) is 86.5 Å². The average Bonchev–Trinajstić information content (AvgIpc) is 3.35. The maximum Gasteiger partial charge on any atom is 0.220 e. The van der Waals surface area contributed by atoms with E-state index < -0.39 is 0 Å². The summed E-state index contributed by atoms with van der Waals surface area (Å²) in [7, 11) is 1.58. The van der Waals surface area contributed by atoms with Crippen molar-refractivity contribution in [1.29, 1.82) is 0 Å². The van der Waals surface area contributed by atoms with Crippen LogP contribution in [0.4, 0.5) is 4.39 Å². The zero-order chi connectivity index (χ0) is 23.8. The number of nitrogens with zero attached hydrogens (tertiary/aromatic N) is 2. The number of nitrogens with one attached hydrogen (secondary N) is 1. The van der Waals surface area contributed by atoms with Gasteiger partial charge < -0.3 is 19.2 Å². The molecule has 2 aromatic heterocycles. The second-order valence-electron chi connectivity index (χ2n) is 7.53. The third-order valence-electron chi connectivity index (χ3n) is 5.11. The highest BCUT2D eigenvalue weighted by atomic mass is 19.1. The third-order valence-corrected chi connectivity index (χ3v) is 5.11. The van der Waals surface area contributed by atoms with E-state index in [1.54, 1.807) is 37.8 Å². The molecular formula is C26H24FN3O4. The van der Waals surface area contributed by atoms with Crippen LogP contribution in [0, 0.1) is 5.82 Å². The second-order valence-corrected chi connectivity index (χ2v) is 7.53. The molecule has 1 amide bonds. The first-order valence-corrected chi connectivity index (χ1v) is 10.8. The minimum Gasteiger partial charge on any atom is -0.493 e. The summed E-state index contributed by atoms with van der Waals surface area (Å²) >= 11 is 0. The first kappa shape index (κ1) is 23.0. The van der Waals surface area contributed by atoms with Crippen LogP contribution in [0.15, 0.2) is 77.6 Å². The summed E-state index contributed by atoms with van der Waals surface area (Å²) in [5, 5.41) is 2.89. The number of halogens is 1. The molecule has 0 spiro atoms. The number of pyridine rings is 1. The van der Waals surface area contributed by atoms with E-state index >= 15 is 0 Å². The van der Waals surface area contributed by atoms with Crippen molar-refractivity contribution in [3.05, 3.63) is 96.0 Å². The molecule has 1 N–H and O–H groups in total. The summed E-state index contributed by atoms with van der Waals surface area (Å²) < 4.78 is 30.0. The lowest BCUT2D eigenvalue weighted by atomic mass is 10.2. The molecule has 4 rings (SSSR count). The molecule has 0 aliphatic heterocycles. The third kappa shape index (κ3) is 6.19. The number of carbonyl (C=O) groups excluding carboxylic acids is 1. The number of ether oxygens (including phenoxy) is 2. The number of rotatable bonds is 10. The molecule has 7 nitrogen and oxygen atoms in total. The van der Waals surface area contributed by atoms with Gasteiger partial charge in [0.1, 0.15) is 12.4 Å². The van der Waals surface area contributed by atoms with Crippen molar-refractivity contribution in [2.45, 2.75) is 26.0 Å². The number of hydrogen-bond acceptors (Lipinski definition) is 6. The minimum absolute atomic E-state index is 0.126. The van der Waals surface area contributed by atoms with Gasteiger partial charge in [-0.15, -0.1) is 0 Å². The van der Waals surface area contributed by atoms with Crippen molar-refractivity contribution in [2.24, 2.45) is 0 Å². The van der Waals surface area contributed by atoms with Crippen molar-refractivity contribution >= 4 is 5.91 Å². The molecule has 0 aliphatic rings. The highest BCUT2D eigenvalue weighted by Crippen LogP contribution is 2.29. The van der Waals surface area contributed by atoms with E-state index in [0.29, 0.717) is 42.7 Å². The first-order chi connectivity index (χ1) is 16.6. The SMILES string of the molecule is COc1cc(CNC(=O)CCc2ncc(-c3ccc(F)cc3)o2)ccc1OCc1ccncc1. The van der Waals surface area contributed by atoms with Gasteiger partial charge in [-0.05, 0) is 59.7 Å². The lowest BCUT2D eigenvalue weighted by Crippen LogP contribution is -2.23. The van der Waals surface area contributed by atoms with Crippen LogP contribution in [0.25, 0.3) is 11.3 Å². The Morgan fingerprint density at radius 3 is 2.59 bits per heavy atom. The van der Waals surface area contributed by atoms with E-state index in [2.05, 4.69) is 15.3 Å². The zero-order valence-electron chi connectivity index (χ0n) is 18.7. The molecule has 0 bridgehead atoms. The van der Waals surface area contributed by atoms with Crippen LogP contribution in [-0.2, 0) is 24.4 Å². The number of hydrogen-bond donors (Lipinski definition) is 1. The highest BCUT2D eigenvalue weighted by Gasteiger charge is 2.11. The van der Waals surface area contributed by atoms with Crippen molar-refractivity contribution < 1.29 is 23.1 Å².